The summed E-state index contributed by atoms with van der Waals surface area (Å²) in [6.45, 7) is 2.76. The second-order valence-corrected chi connectivity index (χ2v) is 6.58. The number of hydrogen-bond donors (Lipinski definition) is 1. The Kier molecular flexibility index (Phi) is 4.21. The van der Waals surface area contributed by atoms with Gasteiger partial charge in [0.15, 0.2) is 17.0 Å². The first kappa shape index (κ1) is 17.4. The van der Waals surface area contributed by atoms with Gasteiger partial charge in [-0.3, -0.25) is 4.57 Å². The van der Waals surface area contributed by atoms with E-state index in [9.17, 15) is 9.90 Å². The summed E-state index contributed by atoms with van der Waals surface area (Å²) >= 11 is 0. The van der Waals surface area contributed by atoms with Crippen LogP contribution in [-0.2, 0) is 4.74 Å². The quantitative estimate of drug-likeness (QED) is 0.529. The van der Waals surface area contributed by atoms with Gasteiger partial charge < -0.3 is 19.2 Å². The molecule has 5 rings (SSSR count). The molecule has 29 heavy (non-hydrogen) atoms. The van der Waals surface area contributed by atoms with Gasteiger partial charge in [-0.1, -0.05) is 12.1 Å². The lowest BCUT2D eigenvalue weighted by Gasteiger charge is -2.27. The Bertz CT molecular complexity index is 1290. The molecule has 9 heteroatoms. The Morgan fingerprint density at radius 3 is 2.79 bits per heavy atom. The number of morpholine rings is 1. The van der Waals surface area contributed by atoms with E-state index in [2.05, 4.69) is 19.9 Å². The van der Waals surface area contributed by atoms with Crippen molar-refractivity contribution in [3.63, 3.8) is 0 Å². The molecule has 3 aromatic heterocycles. The van der Waals surface area contributed by atoms with Crippen LogP contribution < -0.4 is 10.5 Å². The normalized spacial score (nSPS) is 15.0. The van der Waals surface area contributed by atoms with Crippen LogP contribution in [0.15, 0.2) is 46.1 Å². The molecule has 1 aromatic carbocycles. The second-order valence-electron chi connectivity index (χ2n) is 6.58. The van der Waals surface area contributed by atoms with E-state index in [0.29, 0.717) is 35.3 Å². The summed E-state index contributed by atoms with van der Waals surface area (Å²) < 4.78 is 12.4. The molecule has 1 N–H and O–H groups in total. The van der Waals surface area contributed by atoms with E-state index in [1.807, 2.05) is 0 Å². The molecule has 1 fully saturated rings. The summed E-state index contributed by atoms with van der Waals surface area (Å²) in [4.78, 5) is 27.5. The number of nitrogens with zero attached hydrogens (tertiary/aromatic N) is 5. The first-order valence-corrected chi connectivity index (χ1v) is 9.15. The highest BCUT2D eigenvalue weighted by Gasteiger charge is 2.18. The molecule has 0 spiro atoms. The van der Waals surface area contributed by atoms with Crippen LogP contribution in [0.25, 0.3) is 34.4 Å². The fourth-order valence-electron chi connectivity index (χ4n) is 3.40. The number of para-hydroxylation sites is 1. The molecule has 0 amide bonds. The number of rotatable bonds is 3. The Balaban J connectivity index is 1.55. The zero-order chi connectivity index (χ0) is 19.8. The third kappa shape index (κ3) is 3.01. The average molecular weight is 391 g/mol. The van der Waals surface area contributed by atoms with Gasteiger partial charge in [0.05, 0.1) is 18.6 Å². The minimum absolute atomic E-state index is 0.0630. The highest BCUT2D eigenvalue weighted by atomic mass is 16.5. The molecule has 0 radical (unpaired) electrons. The molecule has 0 aliphatic carbocycles. The minimum atomic E-state index is -0.620. The second kappa shape index (κ2) is 7.02. The summed E-state index contributed by atoms with van der Waals surface area (Å²) in [5.41, 5.74) is 1.04. The first-order valence-electron chi connectivity index (χ1n) is 9.15. The first-order chi connectivity index (χ1) is 14.2. The van der Waals surface area contributed by atoms with Crippen LogP contribution in [0.2, 0.25) is 0 Å². The van der Waals surface area contributed by atoms with E-state index < -0.39 is 5.63 Å². The summed E-state index contributed by atoms with van der Waals surface area (Å²) in [5.74, 6) is 0.625. The van der Waals surface area contributed by atoms with Crippen molar-refractivity contribution >= 4 is 40.2 Å². The molecule has 9 nitrogen and oxygen atoms in total. The van der Waals surface area contributed by atoms with Crippen LogP contribution in [0.5, 0.6) is 5.75 Å². The predicted molar refractivity (Wildman–Crippen MR) is 108 cm³/mol. The highest BCUT2D eigenvalue weighted by molar-refractivity contribution is 5.88. The molecule has 4 heterocycles. The van der Waals surface area contributed by atoms with Gasteiger partial charge in [0, 0.05) is 19.3 Å². The van der Waals surface area contributed by atoms with Crippen LogP contribution in [0.1, 0.15) is 5.56 Å². The van der Waals surface area contributed by atoms with E-state index in [1.54, 1.807) is 41.4 Å². The van der Waals surface area contributed by atoms with Crippen molar-refractivity contribution in [2.75, 3.05) is 31.2 Å². The molecule has 0 bridgehead atoms. The van der Waals surface area contributed by atoms with Gasteiger partial charge in [0.25, 0.3) is 0 Å². The summed E-state index contributed by atoms with van der Waals surface area (Å²) in [6.07, 6.45) is 6.19. The van der Waals surface area contributed by atoms with E-state index in [1.165, 1.54) is 12.4 Å². The Hall–Kier alpha value is -3.72. The van der Waals surface area contributed by atoms with Crippen LogP contribution in [0.4, 0.5) is 5.82 Å². The number of fused-ring (bicyclic) bond motifs is 2. The van der Waals surface area contributed by atoms with Gasteiger partial charge in [-0.15, -0.1) is 0 Å². The molecule has 1 saturated heterocycles. The molecule has 1 aliphatic heterocycles. The van der Waals surface area contributed by atoms with Crippen molar-refractivity contribution < 1.29 is 14.3 Å². The molecular formula is C20H17N5O4. The van der Waals surface area contributed by atoms with E-state index in [-0.39, 0.29) is 11.3 Å². The van der Waals surface area contributed by atoms with Crippen LogP contribution in [-0.4, -0.2) is 50.9 Å². The van der Waals surface area contributed by atoms with Gasteiger partial charge in [-0.05, 0) is 18.2 Å². The van der Waals surface area contributed by atoms with E-state index in [0.717, 1.165) is 18.9 Å². The predicted octanol–water partition coefficient (Wildman–Crippen LogP) is 2.10. The molecule has 0 saturated carbocycles. The van der Waals surface area contributed by atoms with Gasteiger partial charge in [-0.2, -0.15) is 0 Å². The average Bonchev–Trinajstić information content (AvgIpc) is 3.17. The Morgan fingerprint density at radius 2 is 1.93 bits per heavy atom. The zero-order valence-corrected chi connectivity index (χ0v) is 15.4. The van der Waals surface area contributed by atoms with Crippen LogP contribution in [0.3, 0.4) is 0 Å². The number of hydrogen-bond acceptors (Lipinski definition) is 8. The monoisotopic (exact) mass is 391 g/mol. The van der Waals surface area contributed by atoms with Crippen LogP contribution >= 0.6 is 0 Å². The SMILES string of the molecule is O=c1oc2ccccc2c(O)c1/C=C/n1cnc2c(N3CCOCC3)ncnc21. The molecule has 0 atom stereocenters. The maximum Gasteiger partial charge on any atom is 0.347 e. The van der Waals surface area contributed by atoms with Gasteiger partial charge in [-0.25, -0.2) is 19.7 Å². The number of aromatic hydroxyl groups is 1. The summed E-state index contributed by atoms with van der Waals surface area (Å²) in [6, 6.07) is 6.84. The van der Waals surface area contributed by atoms with Crippen molar-refractivity contribution in [1.29, 1.82) is 0 Å². The number of ether oxygens (including phenoxy) is 1. The summed E-state index contributed by atoms with van der Waals surface area (Å²) in [5, 5.41) is 11.0. The van der Waals surface area contributed by atoms with Crippen molar-refractivity contribution in [2.45, 2.75) is 0 Å². The zero-order valence-electron chi connectivity index (χ0n) is 15.4. The molecule has 1 aliphatic rings. The smallest absolute Gasteiger partial charge is 0.347 e. The minimum Gasteiger partial charge on any atom is -0.506 e. The van der Waals surface area contributed by atoms with Gasteiger partial charge in [0.1, 0.15) is 29.6 Å². The molecule has 146 valence electrons. The highest BCUT2D eigenvalue weighted by Crippen LogP contribution is 2.27. The van der Waals surface area contributed by atoms with Crippen molar-refractivity contribution in [1.82, 2.24) is 19.5 Å². The number of anilines is 1. The molecule has 0 unspecified atom stereocenters. The number of imidazole rings is 1. The maximum absolute atomic E-state index is 12.3. The summed E-state index contributed by atoms with van der Waals surface area (Å²) in [7, 11) is 0. The van der Waals surface area contributed by atoms with Gasteiger partial charge >= 0.3 is 5.63 Å². The largest absolute Gasteiger partial charge is 0.506 e. The Labute approximate surface area is 164 Å². The maximum atomic E-state index is 12.3. The fraction of sp³-hybridized carbons (Fsp3) is 0.200. The van der Waals surface area contributed by atoms with E-state index in [4.69, 9.17) is 9.15 Å². The van der Waals surface area contributed by atoms with Crippen molar-refractivity contribution in [2.24, 2.45) is 0 Å². The third-order valence-electron chi connectivity index (χ3n) is 4.87. The standard InChI is InChI=1S/C20H17N5O4/c26-17-13-3-1-2-4-15(13)29-20(27)14(17)5-6-25-12-23-16-18(21-11-22-19(16)25)24-7-9-28-10-8-24/h1-6,11-12,26H,7-10H2/b6-5+. The lowest BCUT2D eigenvalue weighted by molar-refractivity contribution is 0.122. The van der Waals surface area contributed by atoms with Crippen molar-refractivity contribution in [3.05, 3.63) is 52.9 Å². The fourth-order valence-corrected chi connectivity index (χ4v) is 3.40. The number of aromatic nitrogens is 4. The lowest BCUT2D eigenvalue weighted by Crippen LogP contribution is -2.36. The Morgan fingerprint density at radius 1 is 1.10 bits per heavy atom. The molecular weight excluding hydrogens is 374 g/mol. The topological polar surface area (TPSA) is 107 Å². The van der Waals surface area contributed by atoms with Gasteiger partial charge in [0.2, 0.25) is 0 Å². The lowest BCUT2D eigenvalue weighted by atomic mass is 10.1. The molecule has 4 aromatic rings. The van der Waals surface area contributed by atoms with Crippen molar-refractivity contribution in [3.8, 4) is 5.75 Å². The number of benzene rings is 1. The van der Waals surface area contributed by atoms with E-state index >= 15 is 0 Å². The third-order valence-corrected chi connectivity index (χ3v) is 4.87. The van der Waals surface area contributed by atoms with Crippen LogP contribution in [0, 0.1) is 0 Å².